The molecule has 0 bridgehead atoms. The van der Waals surface area contributed by atoms with Gasteiger partial charge in [-0.3, -0.25) is 14.4 Å². The Labute approximate surface area is 123 Å². The topological polar surface area (TPSA) is 95.5 Å². The van der Waals surface area contributed by atoms with Gasteiger partial charge in [0.2, 0.25) is 11.8 Å². The first-order chi connectivity index (χ1) is 9.82. The second-order valence-electron chi connectivity index (χ2n) is 4.95. The Kier molecular flexibility index (Phi) is 5.90. The number of benzene rings is 1. The lowest BCUT2D eigenvalue weighted by atomic mass is 9.94. The van der Waals surface area contributed by atoms with Crippen molar-refractivity contribution in [3.05, 3.63) is 35.9 Å². The number of carboxylic acids is 1. The van der Waals surface area contributed by atoms with Crippen LogP contribution >= 0.6 is 0 Å². The molecule has 0 radical (unpaired) electrons. The molecule has 0 aliphatic heterocycles. The quantitative estimate of drug-likeness (QED) is 0.731. The molecule has 6 nitrogen and oxygen atoms in total. The number of rotatable bonds is 6. The highest BCUT2D eigenvalue weighted by molar-refractivity contribution is 5.87. The summed E-state index contributed by atoms with van der Waals surface area (Å²) < 4.78 is 0. The summed E-state index contributed by atoms with van der Waals surface area (Å²) in [6.45, 7) is 4.39. The molecule has 0 aromatic heterocycles. The minimum Gasteiger partial charge on any atom is -0.481 e. The minimum absolute atomic E-state index is 0.319. The zero-order valence-electron chi connectivity index (χ0n) is 12.3. The largest absolute Gasteiger partial charge is 0.481 e. The van der Waals surface area contributed by atoms with Crippen molar-refractivity contribution in [2.45, 2.75) is 32.9 Å². The fraction of sp³-hybridized carbons (Fsp3) is 0.400. The number of carbonyl (C=O) groups excluding carboxylic acids is 2. The summed E-state index contributed by atoms with van der Waals surface area (Å²) >= 11 is 0. The van der Waals surface area contributed by atoms with Gasteiger partial charge in [-0.1, -0.05) is 30.3 Å². The number of carbonyl (C=O) groups is 3. The Morgan fingerprint density at radius 1 is 1.05 bits per heavy atom. The maximum absolute atomic E-state index is 12.1. The van der Waals surface area contributed by atoms with Crippen LogP contribution < -0.4 is 10.6 Å². The summed E-state index contributed by atoms with van der Waals surface area (Å²) in [5.41, 5.74) is 0.704. The molecule has 0 saturated carbocycles. The van der Waals surface area contributed by atoms with Gasteiger partial charge in [0.1, 0.15) is 6.04 Å². The van der Waals surface area contributed by atoms with Crippen molar-refractivity contribution in [3.8, 4) is 0 Å². The smallest absolute Gasteiger partial charge is 0.308 e. The number of aliphatic carboxylic acids is 1. The Balaban J connectivity index is 2.91. The molecule has 2 amide bonds. The molecule has 0 fully saturated rings. The van der Waals surface area contributed by atoms with Gasteiger partial charge in [0.15, 0.2) is 0 Å². The first kappa shape index (κ1) is 16.7. The molecule has 1 aromatic carbocycles. The van der Waals surface area contributed by atoms with E-state index < -0.39 is 29.9 Å². The third-order valence-electron chi connectivity index (χ3n) is 3.16. The molecular formula is C15H20N2O4. The fourth-order valence-corrected chi connectivity index (χ4v) is 1.95. The van der Waals surface area contributed by atoms with E-state index in [0.29, 0.717) is 5.56 Å². The highest BCUT2D eigenvalue weighted by Gasteiger charge is 2.28. The Morgan fingerprint density at radius 3 is 2.10 bits per heavy atom. The zero-order chi connectivity index (χ0) is 16.0. The Morgan fingerprint density at radius 2 is 1.62 bits per heavy atom. The van der Waals surface area contributed by atoms with Gasteiger partial charge >= 0.3 is 5.97 Å². The van der Waals surface area contributed by atoms with E-state index in [9.17, 15) is 19.5 Å². The van der Waals surface area contributed by atoms with Crippen molar-refractivity contribution in [3.63, 3.8) is 0 Å². The van der Waals surface area contributed by atoms with Crippen LogP contribution in [0.25, 0.3) is 0 Å². The highest BCUT2D eigenvalue weighted by atomic mass is 16.4. The van der Waals surface area contributed by atoms with Gasteiger partial charge in [-0.05, 0) is 19.4 Å². The fourth-order valence-electron chi connectivity index (χ4n) is 1.95. The van der Waals surface area contributed by atoms with Crippen LogP contribution in [0.15, 0.2) is 30.3 Å². The number of hydrogen-bond acceptors (Lipinski definition) is 3. The van der Waals surface area contributed by atoms with Gasteiger partial charge in [-0.25, -0.2) is 0 Å². The molecule has 3 unspecified atom stereocenters. The van der Waals surface area contributed by atoms with Crippen molar-refractivity contribution in [2.75, 3.05) is 0 Å². The van der Waals surface area contributed by atoms with Gasteiger partial charge in [-0.15, -0.1) is 0 Å². The maximum Gasteiger partial charge on any atom is 0.308 e. The molecule has 3 N–H and O–H groups in total. The van der Waals surface area contributed by atoms with E-state index in [-0.39, 0.29) is 5.91 Å². The van der Waals surface area contributed by atoms with Gasteiger partial charge in [-0.2, -0.15) is 0 Å². The van der Waals surface area contributed by atoms with Gasteiger partial charge in [0.05, 0.1) is 12.0 Å². The van der Waals surface area contributed by atoms with Crippen LogP contribution in [-0.4, -0.2) is 28.9 Å². The van der Waals surface area contributed by atoms with Crippen molar-refractivity contribution >= 4 is 17.8 Å². The molecular weight excluding hydrogens is 272 g/mol. The summed E-state index contributed by atoms with van der Waals surface area (Å²) in [6.07, 6.45) is 0. The lowest BCUT2D eigenvalue weighted by molar-refractivity contribution is -0.142. The third kappa shape index (κ3) is 4.91. The lowest BCUT2D eigenvalue weighted by Gasteiger charge is -2.24. The predicted molar refractivity (Wildman–Crippen MR) is 77.4 cm³/mol. The molecule has 3 atom stereocenters. The van der Waals surface area contributed by atoms with E-state index in [2.05, 4.69) is 10.6 Å². The molecule has 6 heteroatoms. The first-order valence-corrected chi connectivity index (χ1v) is 6.68. The van der Waals surface area contributed by atoms with Gasteiger partial charge in [0.25, 0.3) is 0 Å². The predicted octanol–water partition coefficient (Wildman–Crippen LogP) is 1.09. The zero-order valence-corrected chi connectivity index (χ0v) is 12.3. The molecule has 0 heterocycles. The van der Waals surface area contributed by atoms with E-state index >= 15 is 0 Å². The van der Waals surface area contributed by atoms with Crippen LogP contribution in [0.2, 0.25) is 0 Å². The number of hydrogen-bond donors (Lipinski definition) is 3. The lowest BCUT2D eigenvalue weighted by Crippen LogP contribution is -2.47. The standard InChI is InChI=1S/C15H20N2O4/c1-9(15(20)21)13(12-7-5-4-6-8-12)17-14(19)10(2)16-11(3)18/h4-10,13H,1-3H3,(H,16,18)(H,17,19)(H,20,21). The van der Waals surface area contributed by atoms with Crippen LogP contribution in [0.3, 0.4) is 0 Å². The summed E-state index contributed by atoms with van der Waals surface area (Å²) in [6, 6.07) is 7.50. The van der Waals surface area contributed by atoms with E-state index in [1.165, 1.54) is 13.8 Å². The van der Waals surface area contributed by atoms with Crippen LogP contribution in [-0.2, 0) is 14.4 Å². The van der Waals surface area contributed by atoms with Gasteiger partial charge < -0.3 is 15.7 Å². The van der Waals surface area contributed by atoms with E-state index in [1.54, 1.807) is 31.2 Å². The average Bonchev–Trinajstić information content (AvgIpc) is 2.43. The van der Waals surface area contributed by atoms with E-state index in [4.69, 9.17) is 0 Å². The summed E-state index contributed by atoms with van der Waals surface area (Å²) in [5, 5.41) is 14.3. The van der Waals surface area contributed by atoms with Crippen molar-refractivity contribution in [1.29, 1.82) is 0 Å². The van der Waals surface area contributed by atoms with Crippen LogP contribution in [0.4, 0.5) is 0 Å². The second kappa shape index (κ2) is 7.42. The molecule has 1 rings (SSSR count). The monoisotopic (exact) mass is 292 g/mol. The second-order valence-corrected chi connectivity index (χ2v) is 4.95. The van der Waals surface area contributed by atoms with Crippen LogP contribution in [0.5, 0.6) is 0 Å². The van der Waals surface area contributed by atoms with Crippen molar-refractivity contribution in [1.82, 2.24) is 10.6 Å². The van der Waals surface area contributed by atoms with E-state index in [0.717, 1.165) is 0 Å². The molecule has 1 aromatic rings. The highest BCUT2D eigenvalue weighted by Crippen LogP contribution is 2.22. The average molecular weight is 292 g/mol. The normalized spacial score (nSPS) is 14.6. The molecule has 0 saturated heterocycles. The Hall–Kier alpha value is -2.37. The Bertz CT molecular complexity index is 516. The number of nitrogens with one attached hydrogen (secondary N) is 2. The summed E-state index contributed by atoms with van der Waals surface area (Å²) in [5.74, 6) is -2.54. The summed E-state index contributed by atoms with van der Waals surface area (Å²) in [4.78, 5) is 34.3. The maximum atomic E-state index is 12.1. The number of carboxylic acid groups (broad SMARTS) is 1. The molecule has 114 valence electrons. The summed E-state index contributed by atoms with van der Waals surface area (Å²) in [7, 11) is 0. The van der Waals surface area contributed by atoms with Gasteiger partial charge in [0, 0.05) is 6.92 Å². The van der Waals surface area contributed by atoms with E-state index in [1.807, 2.05) is 6.07 Å². The van der Waals surface area contributed by atoms with Crippen molar-refractivity contribution in [2.24, 2.45) is 5.92 Å². The van der Waals surface area contributed by atoms with Crippen LogP contribution in [0, 0.1) is 5.92 Å². The van der Waals surface area contributed by atoms with Crippen molar-refractivity contribution < 1.29 is 19.5 Å². The first-order valence-electron chi connectivity index (χ1n) is 6.68. The molecule has 21 heavy (non-hydrogen) atoms. The molecule has 0 spiro atoms. The minimum atomic E-state index is -1.00. The SMILES string of the molecule is CC(=O)NC(C)C(=O)NC(c1ccccc1)C(C)C(=O)O. The van der Waals surface area contributed by atoms with Crippen LogP contribution in [0.1, 0.15) is 32.4 Å². The molecule has 0 aliphatic rings. The third-order valence-corrected chi connectivity index (χ3v) is 3.16. The molecule has 0 aliphatic carbocycles. The number of amides is 2.